The van der Waals surface area contributed by atoms with Gasteiger partial charge in [-0.3, -0.25) is 4.79 Å². The molecule has 1 aliphatic rings. The number of fused-ring (bicyclic) bond motifs is 1. The number of amides is 1. The number of carbonyl (C=O) groups excluding carboxylic acids is 1. The number of sulfonamides is 1. The molecule has 0 unspecified atom stereocenters. The van der Waals surface area contributed by atoms with Crippen molar-refractivity contribution in [3.05, 3.63) is 59.3 Å². The minimum atomic E-state index is -3.41. The molecule has 178 valence electrons. The van der Waals surface area contributed by atoms with E-state index in [9.17, 15) is 18.3 Å². The van der Waals surface area contributed by atoms with Gasteiger partial charge in [0.25, 0.3) is 5.91 Å². The number of aliphatic hydroxyl groups excluding tert-OH is 1. The third kappa shape index (κ3) is 6.19. The number of aromatic nitrogens is 1. The summed E-state index contributed by atoms with van der Waals surface area (Å²) >= 11 is 0. The number of nitrogens with zero attached hydrogens (tertiary/aromatic N) is 3. The molecule has 1 N–H and O–H groups in total. The van der Waals surface area contributed by atoms with Crippen LogP contribution in [0.5, 0.6) is 5.88 Å². The highest BCUT2D eigenvalue weighted by molar-refractivity contribution is 7.88. The van der Waals surface area contributed by atoms with Gasteiger partial charge >= 0.3 is 0 Å². The van der Waals surface area contributed by atoms with Gasteiger partial charge in [-0.1, -0.05) is 49.4 Å². The van der Waals surface area contributed by atoms with E-state index in [0.29, 0.717) is 6.54 Å². The molecule has 3 rings (SSSR count). The Bertz CT molecular complexity index is 1100. The number of hydrogen-bond acceptors (Lipinski definition) is 6. The van der Waals surface area contributed by atoms with E-state index in [4.69, 9.17) is 4.74 Å². The molecule has 1 amide bonds. The molecule has 0 bridgehead atoms. The van der Waals surface area contributed by atoms with Gasteiger partial charge in [0.1, 0.15) is 11.7 Å². The number of pyridine rings is 1. The quantitative estimate of drug-likeness (QED) is 0.663. The molecule has 33 heavy (non-hydrogen) atoms. The summed E-state index contributed by atoms with van der Waals surface area (Å²) in [6.45, 7) is 3.91. The van der Waals surface area contributed by atoms with Crippen LogP contribution < -0.4 is 4.74 Å². The van der Waals surface area contributed by atoms with Crippen molar-refractivity contribution >= 4 is 28.1 Å². The van der Waals surface area contributed by atoms with Crippen LogP contribution in [0.15, 0.2) is 42.6 Å². The Balaban J connectivity index is 1.99. The van der Waals surface area contributed by atoms with Gasteiger partial charge in [0.2, 0.25) is 15.9 Å². The number of likely N-dealkylation sites (N-methyl/N-ethyl adjacent to an activating group) is 1. The monoisotopic (exact) mass is 473 g/mol. The second kappa shape index (κ2) is 10.5. The minimum absolute atomic E-state index is 0.117. The Hall–Kier alpha value is -2.75. The first-order chi connectivity index (χ1) is 15.6. The first-order valence-electron chi connectivity index (χ1n) is 10.8. The number of carbonyl (C=O) groups is 1. The van der Waals surface area contributed by atoms with E-state index < -0.39 is 22.2 Å². The first-order valence-corrected chi connectivity index (χ1v) is 12.7. The second-order valence-corrected chi connectivity index (χ2v) is 10.6. The van der Waals surface area contributed by atoms with Gasteiger partial charge in [-0.25, -0.2) is 17.7 Å². The van der Waals surface area contributed by atoms with Gasteiger partial charge in [0.05, 0.1) is 25.4 Å². The van der Waals surface area contributed by atoms with E-state index in [-0.39, 0.29) is 36.4 Å². The average Bonchev–Trinajstić information content (AvgIpc) is 2.79. The van der Waals surface area contributed by atoms with E-state index in [1.807, 2.05) is 49.4 Å². The van der Waals surface area contributed by atoms with Crippen molar-refractivity contribution in [2.45, 2.75) is 26.0 Å². The normalized spacial score (nSPS) is 20.3. The molecule has 0 saturated heterocycles. The SMILES string of the molecule is C[C@H](CO)N1C[C@H](C)[C@H](CN(C)S(C)(=O)=O)Oc2ncc(/C=C/c3ccccc3)cc2C1=O. The third-order valence-corrected chi connectivity index (χ3v) is 7.09. The summed E-state index contributed by atoms with van der Waals surface area (Å²) in [5, 5.41) is 9.74. The van der Waals surface area contributed by atoms with E-state index >= 15 is 0 Å². The maximum Gasteiger partial charge on any atom is 0.259 e. The molecule has 9 heteroatoms. The Morgan fingerprint density at radius 3 is 2.58 bits per heavy atom. The van der Waals surface area contributed by atoms with Crippen molar-refractivity contribution in [2.24, 2.45) is 5.92 Å². The molecule has 8 nitrogen and oxygen atoms in total. The van der Waals surface area contributed by atoms with Crippen LogP contribution in [0.2, 0.25) is 0 Å². The summed E-state index contributed by atoms with van der Waals surface area (Å²) < 4.78 is 31.3. The largest absolute Gasteiger partial charge is 0.472 e. The Morgan fingerprint density at radius 1 is 1.27 bits per heavy atom. The van der Waals surface area contributed by atoms with Crippen LogP contribution in [0.1, 0.15) is 35.3 Å². The highest BCUT2D eigenvalue weighted by Gasteiger charge is 2.35. The Labute approximate surface area is 195 Å². The van der Waals surface area contributed by atoms with Crippen LogP contribution in [0, 0.1) is 5.92 Å². The topological polar surface area (TPSA) is 100 Å². The number of benzene rings is 1. The fourth-order valence-corrected chi connectivity index (χ4v) is 3.99. The molecule has 1 aromatic heterocycles. The molecular weight excluding hydrogens is 442 g/mol. The lowest BCUT2D eigenvalue weighted by atomic mass is 10.00. The van der Waals surface area contributed by atoms with Crippen LogP contribution in [0.25, 0.3) is 12.2 Å². The second-order valence-electron chi connectivity index (χ2n) is 8.53. The van der Waals surface area contributed by atoms with E-state index in [0.717, 1.165) is 17.4 Å². The summed E-state index contributed by atoms with van der Waals surface area (Å²) in [5.41, 5.74) is 2.02. The summed E-state index contributed by atoms with van der Waals surface area (Å²) in [5.74, 6) is -0.319. The fraction of sp³-hybridized carbons (Fsp3) is 0.417. The van der Waals surface area contributed by atoms with Crippen LogP contribution >= 0.6 is 0 Å². The van der Waals surface area contributed by atoms with Crippen LogP contribution in [-0.4, -0.2) is 78.8 Å². The molecule has 0 spiro atoms. The highest BCUT2D eigenvalue weighted by atomic mass is 32.2. The molecule has 0 aliphatic carbocycles. The van der Waals surface area contributed by atoms with Gasteiger partial charge in [-0.05, 0) is 24.1 Å². The van der Waals surface area contributed by atoms with Gasteiger partial charge in [0, 0.05) is 25.7 Å². The van der Waals surface area contributed by atoms with Gasteiger partial charge < -0.3 is 14.7 Å². The molecule has 0 saturated carbocycles. The summed E-state index contributed by atoms with van der Waals surface area (Å²) in [6.07, 6.45) is 6.03. The van der Waals surface area contributed by atoms with Crippen molar-refractivity contribution < 1.29 is 23.1 Å². The average molecular weight is 474 g/mol. The van der Waals surface area contributed by atoms with Gasteiger partial charge in [0.15, 0.2) is 0 Å². The third-order valence-electron chi connectivity index (χ3n) is 5.81. The molecular formula is C24H31N3O5S. The molecule has 1 aliphatic heterocycles. The van der Waals surface area contributed by atoms with Crippen LogP contribution in [0.3, 0.4) is 0 Å². The maximum absolute atomic E-state index is 13.4. The zero-order chi connectivity index (χ0) is 24.2. The standard InChI is InChI=1S/C24H31N3O5S/c1-17-14-27(18(2)16-28)24(29)21-12-20(11-10-19-8-6-5-7-9-19)13-25-23(21)32-22(17)15-26(3)33(4,30)31/h5-13,17-18,22,28H,14-16H2,1-4H3/b11-10+/t17-,18+,22-/m0/s1. The minimum Gasteiger partial charge on any atom is -0.472 e. The number of ether oxygens (including phenoxy) is 1. The van der Waals surface area contributed by atoms with Crippen molar-refractivity contribution in [3.8, 4) is 5.88 Å². The van der Waals surface area contributed by atoms with Crippen molar-refractivity contribution in [1.29, 1.82) is 0 Å². The maximum atomic E-state index is 13.4. The van der Waals surface area contributed by atoms with Crippen LogP contribution in [0.4, 0.5) is 0 Å². The lowest BCUT2D eigenvalue weighted by Crippen LogP contribution is -2.50. The van der Waals surface area contributed by atoms with Gasteiger partial charge in [-0.15, -0.1) is 0 Å². The molecule has 3 atom stereocenters. The summed E-state index contributed by atoms with van der Waals surface area (Å²) in [6, 6.07) is 11.1. The van der Waals surface area contributed by atoms with Crippen molar-refractivity contribution in [2.75, 3.05) is 33.0 Å². The number of rotatable bonds is 7. The number of hydrogen-bond donors (Lipinski definition) is 1. The number of aliphatic hydroxyl groups is 1. The molecule has 2 heterocycles. The first kappa shape index (κ1) is 24.9. The lowest BCUT2D eigenvalue weighted by molar-refractivity contribution is 0.0373. The summed E-state index contributed by atoms with van der Waals surface area (Å²) in [4.78, 5) is 19.4. The highest BCUT2D eigenvalue weighted by Crippen LogP contribution is 2.28. The zero-order valence-electron chi connectivity index (χ0n) is 19.4. The molecule has 0 fully saturated rings. The predicted molar refractivity (Wildman–Crippen MR) is 128 cm³/mol. The zero-order valence-corrected chi connectivity index (χ0v) is 20.2. The smallest absolute Gasteiger partial charge is 0.259 e. The molecule has 0 radical (unpaired) electrons. The van der Waals surface area contributed by atoms with Crippen molar-refractivity contribution in [3.63, 3.8) is 0 Å². The Kier molecular flexibility index (Phi) is 7.88. The molecule has 2 aromatic rings. The van der Waals surface area contributed by atoms with Crippen LogP contribution in [-0.2, 0) is 10.0 Å². The van der Waals surface area contributed by atoms with Gasteiger partial charge in [-0.2, -0.15) is 0 Å². The molecule has 1 aromatic carbocycles. The van der Waals surface area contributed by atoms with Crippen molar-refractivity contribution in [1.82, 2.24) is 14.2 Å². The fourth-order valence-electron chi connectivity index (χ4n) is 3.57. The predicted octanol–water partition coefficient (Wildman–Crippen LogP) is 2.36. The van der Waals surface area contributed by atoms with E-state index in [1.54, 1.807) is 24.1 Å². The van der Waals surface area contributed by atoms with E-state index in [2.05, 4.69) is 4.98 Å². The lowest BCUT2D eigenvalue weighted by Gasteiger charge is -2.37. The van der Waals surface area contributed by atoms with E-state index in [1.165, 1.54) is 11.4 Å². The Morgan fingerprint density at radius 2 is 1.94 bits per heavy atom. The summed E-state index contributed by atoms with van der Waals surface area (Å²) in [7, 11) is -1.91.